The van der Waals surface area contributed by atoms with Crippen LogP contribution in [0.2, 0.25) is 0 Å². The summed E-state index contributed by atoms with van der Waals surface area (Å²) in [7, 11) is 0. The summed E-state index contributed by atoms with van der Waals surface area (Å²) in [5, 5.41) is 15.6. The van der Waals surface area contributed by atoms with E-state index in [9.17, 15) is 0 Å². The first-order chi connectivity index (χ1) is 2.27. The lowest BCUT2D eigenvalue weighted by Gasteiger charge is -1.75. The molecule has 30 valence electrons. The van der Waals surface area contributed by atoms with Gasteiger partial charge in [0.15, 0.2) is 0 Å². The first kappa shape index (κ1) is 4.34. The Morgan fingerprint density at radius 2 is 1.80 bits per heavy atom. The molecule has 0 amide bonds. The molecule has 0 saturated carbocycles. The van der Waals surface area contributed by atoms with Crippen LogP contribution in [-0.2, 0) is 0 Å². The highest BCUT2D eigenvalue weighted by atomic mass is 16.5. The number of aliphatic hydroxyl groups is 2. The number of allylic oxidation sites excluding steroid dienone is 1. The van der Waals surface area contributed by atoms with Gasteiger partial charge < -0.3 is 10.2 Å². The highest BCUT2D eigenvalue weighted by Crippen LogP contribution is 1.71. The summed E-state index contributed by atoms with van der Waals surface area (Å²) in [6.07, 6.45) is 1.19. The Morgan fingerprint density at radius 1 is 1.60 bits per heavy atom. The molecule has 0 aliphatic heterocycles. The lowest BCUT2D eigenvalue weighted by Crippen LogP contribution is -1.68. The van der Waals surface area contributed by atoms with Crippen LogP contribution in [0.15, 0.2) is 12.0 Å². The molecule has 2 nitrogen and oxygen atoms in total. The summed E-state index contributed by atoms with van der Waals surface area (Å²) in [5.74, 6) is -0.620. The van der Waals surface area contributed by atoms with Crippen LogP contribution in [0.25, 0.3) is 0 Å². The zero-order valence-electron chi connectivity index (χ0n) is 2.97. The molecule has 0 heterocycles. The van der Waals surface area contributed by atoms with Crippen LogP contribution < -0.4 is 0 Å². The van der Waals surface area contributed by atoms with Gasteiger partial charge in [-0.25, -0.2) is 0 Å². The van der Waals surface area contributed by atoms with Crippen molar-refractivity contribution >= 4 is 0 Å². The van der Waals surface area contributed by atoms with Crippen molar-refractivity contribution in [1.82, 2.24) is 0 Å². The Morgan fingerprint density at radius 3 is 1.80 bits per heavy atom. The smallest absolute Gasteiger partial charge is 0.269 e. The average molecular weight is 74.1 g/mol. The summed E-state index contributed by atoms with van der Waals surface area (Å²) in [6.45, 7) is 1.54. The summed E-state index contributed by atoms with van der Waals surface area (Å²) in [4.78, 5) is 0. The Bertz CT molecular complexity index is 42.9. The van der Waals surface area contributed by atoms with Crippen molar-refractivity contribution in [3.05, 3.63) is 12.0 Å². The molecular formula is C3H6O2. The van der Waals surface area contributed by atoms with Gasteiger partial charge in [-0.1, -0.05) is 0 Å². The fourth-order valence-corrected chi connectivity index (χ4v) is 0. The molecule has 0 aromatic heterocycles. The Labute approximate surface area is 30.4 Å². The second-order valence-corrected chi connectivity index (χ2v) is 0.647. The van der Waals surface area contributed by atoms with Crippen LogP contribution in [0, 0.1) is 0 Å². The topological polar surface area (TPSA) is 40.5 Å². The van der Waals surface area contributed by atoms with Crippen LogP contribution >= 0.6 is 0 Å². The zero-order chi connectivity index (χ0) is 4.28. The van der Waals surface area contributed by atoms with Gasteiger partial charge in [-0.05, 0) is 13.0 Å². The quantitative estimate of drug-likeness (QED) is 0.420. The van der Waals surface area contributed by atoms with Gasteiger partial charge >= 0.3 is 0 Å². The largest absolute Gasteiger partial charge is 0.481 e. The minimum Gasteiger partial charge on any atom is -0.481 e. The minimum absolute atomic E-state index is 0.620. The van der Waals surface area contributed by atoms with E-state index >= 15 is 0 Å². The molecule has 0 spiro atoms. The lowest BCUT2D eigenvalue weighted by atomic mass is 10.7. The molecule has 2 N–H and O–H groups in total. The minimum atomic E-state index is -0.620. The van der Waals surface area contributed by atoms with Crippen LogP contribution in [0.5, 0.6) is 0 Å². The van der Waals surface area contributed by atoms with Gasteiger partial charge in [0.1, 0.15) is 0 Å². The Hall–Kier alpha value is -0.660. The molecule has 0 saturated heterocycles. The van der Waals surface area contributed by atoms with E-state index in [-0.39, 0.29) is 0 Å². The van der Waals surface area contributed by atoms with Crippen LogP contribution in [0.1, 0.15) is 6.92 Å². The van der Waals surface area contributed by atoms with Gasteiger partial charge in [-0.2, -0.15) is 0 Å². The van der Waals surface area contributed by atoms with E-state index in [1.165, 1.54) is 13.0 Å². The first-order valence-corrected chi connectivity index (χ1v) is 1.31. The maximum atomic E-state index is 7.78. The molecule has 0 aromatic carbocycles. The highest BCUT2D eigenvalue weighted by Gasteiger charge is 1.66. The number of aliphatic hydroxyl groups excluding tert-OH is 1. The molecule has 0 atom stereocenters. The third-order valence-electron chi connectivity index (χ3n) is 0.258. The fourth-order valence-electron chi connectivity index (χ4n) is 0. The number of hydrogen-bond donors (Lipinski definition) is 2. The molecule has 0 aliphatic carbocycles. The molecule has 0 rings (SSSR count). The fraction of sp³-hybridized carbons (Fsp3) is 0.333. The molecule has 0 bridgehead atoms. The summed E-state index contributed by atoms with van der Waals surface area (Å²) in [6, 6.07) is 0. The maximum Gasteiger partial charge on any atom is 0.269 e. The SMILES string of the molecule is CC=C(O)O. The Balaban J connectivity index is 3.14. The highest BCUT2D eigenvalue weighted by molar-refractivity contribution is 4.71. The van der Waals surface area contributed by atoms with Gasteiger partial charge in [0, 0.05) is 0 Å². The zero-order valence-corrected chi connectivity index (χ0v) is 2.97. The van der Waals surface area contributed by atoms with Crippen LogP contribution in [0.4, 0.5) is 0 Å². The third kappa shape index (κ3) is 3.34. The molecule has 0 aliphatic rings. The van der Waals surface area contributed by atoms with E-state index < -0.39 is 5.95 Å². The molecule has 0 fully saturated rings. The second-order valence-electron chi connectivity index (χ2n) is 0.647. The van der Waals surface area contributed by atoms with E-state index in [2.05, 4.69) is 0 Å². The second kappa shape index (κ2) is 1.64. The van der Waals surface area contributed by atoms with E-state index in [4.69, 9.17) is 10.2 Å². The summed E-state index contributed by atoms with van der Waals surface area (Å²) < 4.78 is 0. The summed E-state index contributed by atoms with van der Waals surface area (Å²) >= 11 is 0. The van der Waals surface area contributed by atoms with Crippen molar-refractivity contribution in [2.75, 3.05) is 0 Å². The first-order valence-electron chi connectivity index (χ1n) is 1.31. The molecule has 5 heavy (non-hydrogen) atoms. The van der Waals surface area contributed by atoms with Crippen molar-refractivity contribution in [3.8, 4) is 0 Å². The van der Waals surface area contributed by atoms with Crippen molar-refractivity contribution in [1.29, 1.82) is 0 Å². The predicted octanol–water partition coefficient (Wildman–Crippen LogP) is 0.964. The maximum absolute atomic E-state index is 7.78. The molecule has 0 aromatic rings. The molecule has 0 unspecified atom stereocenters. The van der Waals surface area contributed by atoms with Crippen LogP contribution in [-0.4, -0.2) is 10.2 Å². The van der Waals surface area contributed by atoms with Crippen molar-refractivity contribution < 1.29 is 10.2 Å². The van der Waals surface area contributed by atoms with Gasteiger partial charge in [-0.15, -0.1) is 0 Å². The molecule has 2 heteroatoms. The third-order valence-corrected chi connectivity index (χ3v) is 0.258. The van der Waals surface area contributed by atoms with E-state index in [1.807, 2.05) is 0 Å². The van der Waals surface area contributed by atoms with Crippen molar-refractivity contribution in [2.45, 2.75) is 6.92 Å². The van der Waals surface area contributed by atoms with Crippen molar-refractivity contribution in [2.24, 2.45) is 0 Å². The van der Waals surface area contributed by atoms with Gasteiger partial charge in [0.2, 0.25) is 0 Å². The van der Waals surface area contributed by atoms with Gasteiger partial charge in [-0.3, -0.25) is 0 Å². The van der Waals surface area contributed by atoms with Gasteiger partial charge in [0.05, 0.1) is 0 Å². The van der Waals surface area contributed by atoms with Crippen LogP contribution in [0.3, 0.4) is 0 Å². The standard InChI is InChI=1S/C3H6O2/c1-2-3(4)5/h2,4-5H,1H3. The monoisotopic (exact) mass is 74.0 g/mol. The van der Waals surface area contributed by atoms with Gasteiger partial charge in [0.25, 0.3) is 5.95 Å². The van der Waals surface area contributed by atoms with E-state index in [0.717, 1.165) is 0 Å². The Kier molecular flexibility index (Phi) is 1.42. The van der Waals surface area contributed by atoms with E-state index in [1.54, 1.807) is 0 Å². The molecule has 0 radical (unpaired) electrons. The van der Waals surface area contributed by atoms with E-state index in [0.29, 0.717) is 0 Å². The number of rotatable bonds is 0. The summed E-state index contributed by atoms with van der Waals surface area (Å²) in [5.41, 5.74) is 0. The lowest BCUT2D eigenvalue weighted by molar-refractivity contribution is 0.190. The average Bonchev–Trinajstić information content (AvgIpc) is 1.38. The predicted molar refractivity (Wildman–Crippen MR) is 19.0 cm³/mol. The number of hydrogen-bond acceptors (Lipinski definition) is 2. The normalized spacial score (nSPS) is 6.60. The van der Waals surface area contributed by atoms with Crippen molar-refractivity contribution in [3.63, 3.8) is 0 Å². The molecular weight excluding hydrogens is 68.0 g/mol.